The summed E-state index contributed by atoms with van der Waals surface area (Å²) in [6, 6.07) is 10.7. The molecule has 4 rings (SSSR count). The molecule has 3 heterocycles. The van der Waals surface area contributed by atoms with E-state index in [1.54, 1.807) is 24.3 Å². The highest BCUT2D eigenvalue weighted by atomic mass is 16.5. The van der Waals surface area contributed by atoms with E-state index < -0.39 is 0 Å². The standard InChI is InChI=1S/C20H19N7O3/c1-29-19(28)13-6-4-12(5-7-13)8-9-23-16-14(11-21)18-24-17(15-3-2-10-30-15)26-27(18)20(22)25-16/h2-7,10-11,21,23H,8-9H2,1H3,(H2,22,25). The Bertz CT molecular complexity index is 1200. The first kappa shape index (κ1) is 19.1. The number of nitrogens with two attached hydrogens (primary N) is 1. The molecule has 152 valence electrons. The quantitative estimate of drug-likeness (QED) is 0.314. The molecule has 0 unspecified atom stereocenters. The van der Waals surface area contributed by atoms with Crippen LogP contribution in [0.1, 0.15) is 21.5 Å². The SMILES string of the molecule is COC(=O)c1ccc(CCNc2nc(N)n3nc(-c4ccco4)nc3c2C=N)cc1. The molecular formula is C20H19N7O3. The Kier molecular flexibility index (Phi) is 5.12. The fourth-order valence-corrected chi connectivity index (χ4v) is 3.00. The molecule has 0 aliphatic carbocycles. The third-order valence-electron chi connectivity index (χ3n) is 4.51. The van der Waals surface area contributed by atoms with Gasteiger partial charge in [-0.3, -0.25) is 0 Å². The molecule has 0 fully saturated rings. The van der Waals surface area contributed by atoms with Gasteiger partial charge in [-0.15, -0.1) is 5.10 Å². The number of benzene rings is 1. The van der Waals surface area contributed by atoms with E-state index in [1.165, 1.54) is 17.9 Å². The van der Waals surface area contributed by atoms with Crippen LogP contribution < -0.4 is 11.1 Å². The maximum Gasteiger partial charge on any atom is 0.337 e. The van der Waals surface area contributed by atoms with E-state index in [9.17, 15) is 4.79 Å². The minimum Gasteiger partial charge on any atom is -0.465 e. The van der Waals surface area contributed by atoms with Crippen LogP contribution in [0.15, 0.2) is 47.1 Å². The third kappa shape index (κ3) is 3.58. The molecule has 0 amide bonds. The molecule has 30 heavy (non-hydrogen) atoms. The zero-order chi connectivity index (χ0) is 21.1. The van der Waals surface area contributed by atoms with E-state index in [0.29, 0.717) is 47.1 Å². The highest BCUT2D eigenvalue weighted by Crippen LogP contribution is 2.23. The number of nitrogens with zero attached hydrogens (tertiary/aromatic N) is 4. The van der Waals surface area contributed by atoms with Crippen LogP contribution >= 0.6 is 0 Å². The topological polar surface area (TPSA) is 144 Å². The number of furan rings is 1. The van der Waals surface area contributed by atoms with Crippen molar-refractivity contribution in [3.63, 3.8) is 0 Å². The van der Waals surface area contributed by atoms with Gasteiger partial charge < -0.3 is 25.6 Å². The number of rotatable bonds is 7. The number of carbonyl (C=O) groups is 1. The molecule has 0 spiro atoms. The van der Waals surface area contributed by atoms with Crippen molar-refractivity contribution in [2.24, 2.45) is 0 Å². The summed E-state index contributed by atoms with van der Waals surface area (Å²) in [5.74, 6) is 1.08. The second-order valence-corrected chi connectivity index (χ2v) is 6.39. The Morgan fingerprint density at radius 1 is 1.30 bits per heavy atom. The van der Waals surface area contributed by atoms with Crippen molar-refractivity contribution in [3.05, 3.63) is 59.4 Å². The molecule has 0 radical (unpaired) electrons. The second kappa shape index (κ2) is 8.03. The molecule has 4 aromatic rings. The Balaban J connectivity index is 1.54. The lowest BCUT2D eigenvalue weighted by molar-refractivity contribution is 0.0600. The minimum absolute atomic E-state index is 0.144. The van der Waals surface area contributed by atoms with Crippen molar-refractivity contribution in [1.29, 1.82) is 5.41 Å². The smallest absolute Gasteiger partial charge is 0.337 e. The van der Waals surface area contributed by atoms with Crippen molar-refractivity contribution in [1.82, 2.24) is 19.6 Å². The fraction of sp³-hybridized carbons (Fsp3) is 0.150. The molecule has 4 N–H and O–H groups in total. The number of methoxy groups -OCH3 is 1. The van der Waals surface area contributed by atoms with E-state index in [-0.39, 0.29) is 11.9 Å². The van der Waals surface area contributed by atoms with Gasteiger partial charge in [-0.25, -0.2) is 9.78 Å². The number of esters is 1. The molecule has 3 aromatic heterocycles. The van der Waals surface area contributed by atoms with E-state index >= 15 is 0 Å². The summed E-state index contributed by atoms with van der Waals surface area (Å²) in [6.45, 7) is 0.542. The fourth-order valence-electron chi connectivity index (χ4n) is 3.00. The Hall–Kier alpha value is -4.21. The third-order valence-corrected chi connectivity index (χ3v) is 4.51. The first-order valence-electron chi connectivity index (χ1n) is 9.12. The van der Waals surface area contributed by atoms with Crippen molar-refractivity contribution >= 4 is 29.6 Å². The van der Waals surface area contributed by atoms with Crippen molar-refractivity contribution in [3.8, 4) is 11.6 Å². The summed E-state index contributed by atoms with van der Waals surface area (Å²) in [7, 11) is 1.35. The molecular weight excluding hydrogens is 386 g/mol. The number of anilines is 2. The molecule has 10 nitrogen and oxygen atoms in total. The van der Waals surface area contributed by atoms with Crippen molar-refractivity contribution in [2.45, 2.75) is 6.42 Å². The summed E-state index contributed by atoms with van der Waals surface area (Å²) >= 11 is 0. The van der Waals surface area contributed by atoms with Gasteiger partial charge in [0.05, 0.1) is 24.5 Å². The highest BCUT2D eigenvalue weighted by molar-refractivity contribution is 5.93. The summed E-state index contributed by atoms with van der Waals surface area (Å²) in [5, 5.41) is 15.3. The van der Waals surface area contributed by atoms with Gasteiger partial charge in [-0.1, -0.05) is 12.1 Å². The Morgan fingerprint density at radius 3 is 2.77 bits per heavy atom. The van der Waals surface area contributed by atoms with Crippen molar-refractivity contribution in [2.75, 3.05) is 24.7 Å². The maximum absolute atomic E-state index is 11.5. The molecule has 10 heteroatoms. The monoisotopic (exact) mass is 405 g/mol. The highest BCUT2D eigenvalue weighted by Gasteiger charge is 2.17. The Labute approximate surface area is 171 Å². The number of hydrogen-bond donors (Lipinski definition) is 3. The summed E-state index contributed by atoms with van der Waals surface area (Å²) in [4.78, 5) is 20.3. The number of ether oxygens (including phenoxy) is 1. The number of aromatic nitrogens is 4. The molecule has 0 saturated carbocycles. The number of nitrogens with one attached hydrogen (secondary N) is 2. The largest absolute Gasteiger partial charge is 0.465 e. The van der Waals surface area contributed by atoms with Gasteiger partial charge in [-0.05, 0) is 36.2 Å². The van der Waals surface area contributed by atoms with Gasteiger partial charge >= 0.3 is 5.97 Å². The van der Waals surface area contributed by atoms with Gasteiger partial charge in [-0.2, -0.15) is 9.50 Å². The van der Waals surface area contributed by atoms with Crippen LogP contribution in [-0.4, -0.2) is 45.4 Å². The van der Waals surface area contributed by atoms with Crippen LogP contribution in [0.4, 0.5) is 11.8 Å². The zero-order valence-electron chi connectivity index (χ0n) is 16.1. The van der Waals surface area contributed by atoms with E-state index in [0.717, 1.165) is 11.8 Å². The van der Waals surface area contributed by atoms with Gasteiger partial charge in [0.2, 0.25) is 11.8 Å². The second-order valence-electron chi connectivity index (χ2n) is 6.39. The summed E-state index contributed by atoms with van der Waals surface area (Å²) in [6.07, 6.45) is 3.37. The molecule has 0 aliphatic heterocycles. The molecule has 0 atom stereocenters. The van der Waals surface area contributed by atoms with E-state index in [4.69, 9.17) is 20.3 Å². The first-order valence-corrected chi connectivity index (χ1v) is 9.12. The van der Waals surface area contributed by atoms with Crippen LogP contribution in [0, 0.1) is 5.41 Å². The van der Waals surface area contributed by atoms with Gasteiger partial charge in [0.1, 0.15) is 5.82 Å². The van der Waals surface area contributed by atoms with Crippen LogP contribution in [0.2, 0.25) is 0 Å². The maximum atomic E-state index is 11.5. The summed E-state index contributed by atoms with van der Waals surface area (Å²) < 4.78 is 11.4. The number of nitrogen functional groups attached to an aromatic ring is 1. The van der Waals surface area contributed by atoms with Gasteiger partial charge in [0.15, 0.2) is 11.4 Å². The number of carbonyl (C=O) groups excluding carboxylic acids is 1. The zero-order valence-corrected chi connectivity index (χ0v) is 16.1. The van der Waals surface area contributed by atoms with Gasteiger partial charge in [0.25, 0.3) is 0 Å². The summed E-state index contributed by atoms with van der Waals surface area (Å²) in [5.41, 5.74) is 8.46. The predicted molar refractivity (Wildman–Crippen MR) is 111 cm³/mol. The lowest BCUT2D eigenvalue weighted by atomic mass is 10.1. The van der Waals surface area contributed by atoms with Crippen molar-refractivity contribution < 1.29 is 13.9 Å². The van der Waals surface area contributed by atoms with Crippen LogP contribution in [-0.2, 0) is 11.2 Å². The Morgan fingerprint density at radius 2 is 2.10 bits per heavy atom. The lowest BCUT2D eigenvalue weighted by Crippen LogP contribution is -2.13. The van der Waals surface area contributed by atoms with E-state index in [2.05, 4.69) is 20.4 Å². The van der Waals surface area contributed by atoms with Crippen LogP contribution in [0.25, 0.3) is 17.2 Å². The number of hydrogen-bond acceptors (Lipinski definition) is 9. The van der Waals surface area contributed by atoms with E-state index in [1.807, 2.05) is 12.1 Å². The minimum atomic E-state index is -0.370. The van der Waals surface area contributed by atoms with Gasteiger partial charge in [0, 0.05) is 12.8 Å². The predicted octanol–water partition coefficient (Wildman–Crippen LogP) is 2.41. The molecule has 1 aromatic carbocycles. The number of fused-ring (bicyclic) bond motifs is 1. The first-order chi connectivity index (χ1) is 14.6. The lowest BCUT2D eigenvalue weighted by Gasteiger charge is -2.10. The van der Waals surface area contributed by atoms with Crippen LogP contribution in [0.3, 0.4) is 0 Å². The average molecular weight is 405 g/mol. The average Bonchev–Trinajstić information content (AvgIpc) is 3.44. The molecule has 0 bridgehead atoms. The van der Waals surface area contributed by atoms with Crippen LogP contribution in [0.5, 0.6) is 0 Å². The molecule has 0 aliphatic rings. The molecule has 0 saturated heterocycles. The normalized spacial score (nSPS) is 10.8.